The summed E-state index contributed by atoms with van der Waals surface area (Å²) < 4.78 is 0. The molecule has 1 aliphatic rings. The molecule has 1 fully saturated rings. The highest BCUT2D eigenvalue weighted by Crippen LogP contribution is 2.24. The van der Waals surface area contributed by atoms with Gasteiger partial charge in [-0.2, -0.15) is 0 Å². The van der Waals surface area contributed by atoms with Gasteiger partial charge in [0.1, 0.15) is 6.04 Å². The number of carbonyl (C=O) groups is 2. The van der Waals surface area contributed by atoms with E-state index in [0.29, 0.717) is 5.69 Å². The van der Waals surface area contributed by atoms with E-state index in [1.54, 1.807) is 0 Å². The van der Waals surface area contributed by atoms with Crippen LogP contribution in [0.1, 0.15) is 23.1 Å². The van der Waals surface area contributed by atoms with E-state index in [1.807, 2.05) is 32.9 Å². The molecular weight excluding hydrogens is 272 g/mol. The van der Waals surface area contributed by atoms with Gasteiger partial charge in [0.25, 0.3) is 0 Å². The Balaban J connectivity index is 2.20. The number of nitrogens with one attached hydrogen (secondary N) is 1. The van der Waals surface area contributed by atoms with E-state index in [2.05, 4.69) is 5.32 Å². The summed E-state index contributed by atoms with van der Waals surface area (Å²) in [6, 6.07) is 2.44. The highest BCUT2D eigenvalue weighted by molar-refractivity contribution is 5.94. The van der Waals surface area contributed by atoms with Gasteiger partial charge in [0.05, 0.1) is 6.10 Å². The molecule has 1 heterocycles. The number of aliphatic hydroxyl groups is 1. The number of hydrogen-bond acceptors (Lipinski definition) is 3. The molecule has 6 heteroatoms. The maximum absolute atomic E-state index is 12.3. The summed E-state index contributed by atoms with van der Waals surface area (Å²) in [4.78, 5) is 24.6. The molecule has 1 saturated heterocycles. The van der Waals surface area contributed by atoms with E-state index < -0.39 is 24.1 Å². The molecule has 2 rings (SSSR count). The van der Waals surface area contributed by atoms with Gasteiger partial charge in [-0.05, 0) is 31.9 Å². The molecule has 2 amide bonds. The topological polar surface area (TPSA) is 89.9 Å². The minimum absolute atomic E-state index is 0.0345. The van der Waals surface area contributed by atoms with Crippen LogP contribution in [0.4, 0.5) is 10.5 Å². The maximum Gasteiger partial charge on any atom is 0.326 e. The summed E-state index contributed by atoms with van der Waals surface area (Å²) in [5.41, 5.74) is 3.64. The minimum atomic E-state index is -1.10. The lowest BCUT2D eigenvalue weighted by Crippen LogP contribution is -2.43. The lowest BCUT2D eigenvalue weighted by atomic mass is 10.1. The van der Waals surface area contributed by atoms with Crippen LogP contribution >= 0.6 is 0 Å². The molecular formula is C15H20N2O4. The number of rotatable bonds is 2. The molecule has 21 heavy (non-hydrogen) atoms. The predicted molar refractivity (Wildman–Crippen MR) is 78.4 cm³/mol. The number of carboxylic acid groups (broad SMARTS) is 1. The van der Waals surface area contributed by atoms with Crippen molar-refractivity contribution in [3.8, 4) is 0 Å². The number of anilines is 1. The third kappa shape index (κ3) is 3.16. The zero-order valence-electron chi connectivity index (χ0n) is 12.4. The fourth-order valence-electron chi connectivity index (χ4n) is 2.83. The van der Waals surface area contributed by atoms with E-state index in [-0.39, 0.29) is 13.0 Å². The van der Waals surface area contributed by atoms with Crippen LogP contribution in [-0.4, -0.2) is 45.8 Å². The normalized spacial score (nSPS) is 21.4. The first-order chi connectivity index (χ1) is 9.79. The lowest BCUT2D eigenvalue weighted by Gasteiger charge is -2.23. The first kappa shape index (κ1) is 15.3. The Labute approximate surface area is 123 Å². The van der Waals surface area contributed by atoms with Gasteiger partial charge in [-0.1, -0.05) is 17.7 Å². The lowest BCUT2D eigenvalue weighted by molar-refractivity contribution is -0.141. The number of aliphatic hydroxyl groups excluding tert-OH is 1. The molecule has 114 valence electrons. The first-order valence-electron chi connectivity index (χ1n) is 6.86. The molecule has 1 aliphatic heterocycles. The Bertz CT molecular complexity index is 562. The number of aryl methyl sites for hydroxylation is 3. The molecule has 2 atom stereocenters. The van der Waals surface area contributed by atoms with Gasteiger partial charge in [0.15, 0.2) is 0 Å². The summed E-state index contributed by atoms with van der Waals surface area (Å²) in [6.45, 7) is 5.79. The number of carboxylic acids is 1. The Kier molecular flexibility index (Phi) is 4.18. The van der Waals surface area contributed by atoms with E-state index in [9.17, 15) is 14.7 Å². The zero-order valence-corrected chi connectivity index (χ0v) is 12.4. The van der Waals surface area contributed by atoms with Crippen LogP contribution in [0.25, 0.3) is 0 Å². The maximum atomic E-state index is 12.3. The standard InChI is InChI=1S/C15H20N2O4/c1-8-4-9(2)13(10(3)5-8)16-15(21)17-7-11(18)6-12(17)14(19)20/h4-5,11-12,18H,6-7H2,1-3H3,(H,16,21)(H,19,20). The molecule has 0 aromatic heterocycles. The number of carbonyl (C=O) groups excluding carboxylic acids is 1. The molecule has 2 unspecified atom stereocenters. The summed E-state index contributed by atoms with van der Waals surface area (Å²) in [7, 11) is 0. The number of nitrogens with zero attached hydrogens (tertiary/aromatic N) is 1. The van der Waals surface area contributed by atoms with E-state index in [0.717, 1.165) is 16.7 Å². The van der Waals surface area contributed by atoms with Crippen molar-refractivity contribution in [3.63, 3.8) is 0 Å². The molecule has 0 spiro atoms. The highest BCUT2D eigenvalue weighted by atomic mass is 16.4. The van der Waals surface area contributed by atoms with Crippen LogP contribution in [0.3, 0.4) is 0 Å². The van der Waals surface area contributed by atoms with Crippen molar-refractivity contribution in [1.29, 1.82) is 0 Å². The van der Waals surface area contributed by atoms with Gasteiger partial charge in [-0.3, -0.25) is 0 Å². The smallest absolute Gasteiger partial charge is 0.326 e. The molecule has 0 bridgehead atoms. The third-order valence-electron chi connectivity index (χ3n) is 3.73. The quantitative estimate of drug-likeness (QED) is 0.773. The molecule has 6 nitrogen and oxygen atoms in total. The van der Waals surface area contributed by atoms with Gasteiger partial charge < -0.3 is 20.4 Å². The molecule has 1 aromatic rings. The number of urea groups is 1. The summed E-state index contributed by atoms with van der Waals surface area (Å²) >= 11 is 0. The van der Waals surface area contributed by atoms with Crippen molar-refractivity contribution in [2.75, 3.05) is 11.9 Å². The second kappa shape index (κ2) is 5.73. The van der Waals surface area contributed by atoms with Crippen LogP contribution in [0.15, 0.2) is 12.1 Å². The average Bonchev–Trinajstić information content (AvgIpc) is 2.76. The second-order valence-corrected chi connectivity index (χ2v) is 5.60. The monoisotopic (exact) mass is 292 g/mol. The van der Waals surface area contributed by atoms with E-state index >= 15 is 0 Å². The number of benzene rings is 1. The number of β-amino-alcohol motifs (C(OH)–C–C–N with tert-alkyl or cyclic N) is 1. The Morgan fingerprint density at radius 3 is 2.33 bits per heavy atom. The average molecular weight is 292 g/mol. The molecule has 3 N–H and O–H groups in total. The van der Waals surface area contributed by atoms with Gasteiger partial charge in [-0.15, -0.1) is 0 Å². The number of hydrogen-bond donors (Lipinski definition) is 3. The fourth-order valence-corrected chi connectivity index (χ4v) is 2.83. The van der Waals surface area contributed by atoms with E-state index in [4.69, 9.17) is 5.11 Å². The summed E-state index contributed by atoms with van der Waals surface area (Å²) in [5, 5.41) is 21.5. The Morgan fingerprint density at radius 1 is 1.24 bits per heavy atom. The largest absolute Gasteiger partial charge is 0.480 e. The molecule has 1 aromatic carbocycles. The number of aliphatic carboxylic acids is 1. The van der Waals surface area contributed by atoms with Gasteiger partial charge in [0, 0.05) is 18.7 Å². The number of likely N-dealkylation sites (tertiary alicyclic amines) is 1. The minimum Gasteiger partial charge on any atom is -0.480 e. The van der Waals surface area contributed by atoms with Crippen LogP contribution in [0, 0.1) is 20.8 Å². The van der Waals surface area contributed by atoms with Crippen molar-refractivity contribution in [2.24, 2.45) is 0 Å². The fraction of sp³-hybridized carbons (Fsp3) is 0.467. The highest BCUT2D eigenvalue weighted by Gasteiger charge is 2.39. The Hall–Kier alpha value is -2.08. The van der Waals surface area contributed by atoms with Crippen molar-refractivity contribution in [3.05, 3.63) is 28.8 Å². The van der Waals surface area contributed by atoms with Crippen LogP contribution in [0.2, 0.25) is 0 Å². The number of amides is 2. The van der Waals surface area contributed by atoms with Crippen LogP contribution in [0.5, 0.6) is 0 Å². The van der Waals surface area contributed by atoms with Gasteiger partial charge >= 0.3 is 12.0 Å². The van der Waals surface area contributed by atoms with Gasteiger partial charge in [-0.25, -0.2) is 9.59 Å². The van der Waals surface area contributed by atoms with Crippen molar-refractivity contribution in [2.45, 2.75) is 39.3 Å². The van der Waals surface area contributed by atoms with Gasteiger partial charge in [0.2, 0.25) is 0 Å². The SMILES string of the molecule is Cc1cc(C)c(NC(=O)N2CC(O)CC2C(=O)O)c(C)c1. The van der Waals surface area contributed by atoms with Crippen molar-refractivity contribution >= 4 is 17.7 Å². The second-order valence-electron chi connectivity index (χ2n) is 5.60. The Morgan fingerprint density at radius 2 is 1.81 bits per heavy atom. The molecule has 0 radical (unpaired) electrons. The predicted octanol–water partition coefficient (Wildman–Crippen LogP) is 1.66. The molecule has 0 aliphatic carbocycles. The zero-order chi connectivity index (χ0) is 15.7. The van der Waals surface area contributed by atoms with Crippen molar-refractivity contribution in [1.82, 2.24) is 4.90 Å². The third-order valence-corrected chi connectivity index (χ3v) is 3.73. The van der Waals surface area contributed by atoms with Crippen molar-refractivity contribution < 1.29 is 19.8 Å². The van der Waals surface area contributed by atoms with E-state index in [1.165, 1.54) is 4.90 Å². The van der Waals surface area contributed by atoms with Crippen LogP contribution < -0.4 is 5.32 Å². The molecule has 0 saturated carbocycles. The first-order valence-corrected chi connectivity index (χ1v) is 6.86. The van der Waals surface area contributed by atoms with Crippen LogP contribution in [-0.2, 0) is 4.79 Å². The summed E-state index contributed by atoms with van der Waals surface area (Å²) in [6.07, 6.45) is -0.730. The summed E-state index contributed by atoms with van der Waals surface area (Å²) in [5.74, 6) is -1.10.